The summed E-state index contributed by atoms with van der Waals surface area (Å²) in [6, 6.07) is 14.6. The van der Waals surface area contributed by atoms with E-state index in [9.17, 15) is 10.1 Å². The van der Waals surface area contributed by atoms with Crippen LogP contribution in [0.5, 0.6) is 5.75 Å². The number of carbonyl (C=O) groups excluding carboxylic acids is 1. The maximum atomic E-state index is 12.6. The molecule has 3 heterocycles. The van der Waals surface area contributed by atoms with Gasteiger partial charge in [-0.25, -0.2) is 4.98 Å². The zero-order valence-corrected chi connectivity index (χ0v) is 18.3. The predicted octanol–water partition coefficient (Wildman–Crippen LogP) is 4.61. The van der Waals surface area contributed by atoms with Crippen molar-refractivity contribution < 1.29 is 9.53 Å². The van der Waals surface area contributed by atoms with E-state index in [0.29, 0.717) is 46.6 Å². The summed E-state index contributed by atoms with van der Waals surface area (Å²) in [6.07, 6.45) is 4.67. The first kappa shape index (κ1) is 21.6. The van der Waals surface area contributed by atoms with E-state index in [0.717, 1.165) is 18.4 Å². The number of halogens is 1. The van der Waals surface area contributed by atoms with Crippen LogP contribution >= 0.6 is 11.6 Å². The highest BCUT2D eigenvalue weighted by Gasteiger charge is 2.25. The van der Waals surface area contributed by atoms with Crippen molar-refractivity contribution in [2.24, 2.45) is 0 Å². The van der Waals surface area contributed by atoms with Gasteiger partial charge in [0, 0.05) is 38.3 Å². The maximum Gasteiger partial charge on any atom is 0.274 e. The minimum atomic E-state index is -0.351. The third-order valence-corrected chi connectivity index (χ3v) is 5.58. The highest BCUT2D eigenvalue weighted by atomic mass is 35.5. The van der Waals surface area contributed by atoms with E-state index in [-0.39, 0.29) is 12.0 Å². The molecule has 7 nitrogen and oxygen atoms in total. The molecule has 32 heavy (non-hydrogen) atoms. The Morgan fingerprint density at radius 3 is 2.75 bits per heavy atom. The molecule has 3 aromatic rings. The average molecular weight is 448 g/mol. The summed E-state index contributed by atoms with van der Waals surface area (Å²) in [7, 11) is 0. The molecule has 0 radical (unpaired) electrons. The van der Waals surface area contributed by atoms with Gasteiger partial charge >= 0.3 is 0 Å². The van der Waals surface area contributed by atoms with E-state index in [1.807, 2.05) is 25.1 Å². The number of aromatic nitrogens is 2. The molecular formula is C24H22ClN5O2. The fourth-order valence-electron chi connectivity index (χ4n) is 3.61. The SMILES string of the molecule is Cc1ccc(Cl)c(OC2CCN(c3ncc(C#N)cc3NC(=O)c3ccccn3)CC2)c1. The average Bonchev–Trinajstić information content (AvgIpc) is 2.82. The molecule has 0 atom stereocenters. The Balaban J connectivity index is 1.47. The van der Waals surface area contributed by atoms with Crippen molar-refractivity contribution in [3.8, 4) is 11.8 Å². The van der Waals surface area contributed by atoms with Crippen molar-refractivity contribution in [2.75, 3.05) is 23.3 Å². The number of hydrogen-bond acceptors (Lipinski definition) is 6. The summed E-state index contributed by atoms with van der Waals surface area (Å²) in [5.41, 5.74) is 2.25. The second kappa shape index (κ2) is 9.67. The third-order valence-electron chi connectivity index (χ3n) is 5.26. The number of benzene rings is 1. The molecule has 0 spiro atoms. The first-order valence-electron chi connectivity index (χ1n) is 10.3. The Morgan fingerprint density at radius 1 is 1.22 bits per heavy atom. The normalized spacial score (nSPS) is 14.0. The molecular weight excluding hydrogens is 426 g/mol. The lowest BCUT2D eigenvalue weighted by Gasteiger charge is -2.34. The topological polar surface area (TPSA) is 91.1 Å². The molecule has 1 aromatic carbocycles. The Labute approximate surface area is 191 Å². The molecule has 1 aliphatic heterocycles. The number of nitrogens with one attached hydrogen (secondary N) is 1. The number of nitriles is 1. The number of aryl methyl sites for hydroxylation is 1. The number of anilines is 2. The van der Waals surface area contributed by atoms with Gasteiger partial charge in [-0.3, -0.25) is 9.78 Å². The molecule has 1 fully saturated rings. The number of amides is 1. The van der Waals surface area contributed by atoms with Gasteiger partial charge in [0.2, 0.25) is 0 Å². The molecule has 1 N–H and O–H groups in total. The first-order chi connectivity index (χ1) is 15.5. The highest BCUT2D eigenvalue weighted by molar-refractivity contribution is 6.32. The quantitative estimate of drug-likeness (QED) is 0.614. The molecule has 0 unspecified atom stereocenters. The number of carbonyl (C=O) groups is 1. The lowest BCUT2D eigenvalue weighted by molar-refractivity contribution is 0.102. The molecule has 0 bridgehead atoms. The van der Waals surface area contributed by atoms with Crippen LogP contribution in [0.3, 0.4) is 0 Å². The van der Waals surface area contributed by atoms with E-state index in [4.69, 9.17) is 16.3 Å². The highest BCUT2D eigenvalue weighted by Crippen LogP contribution is 2.31. The van der Waals surface area contributed by atoms with Gasteiger partial charge in [-0.15, -0.1) is 0 Å². The van der Waals surface area contributed by atoms with Crippen LogP contribution in [0.4, 0.5) is 11.5 Å². The van der Waals surface area contributed by atoms with E-state index in [1.54, 1.807) is 30.5 Å². The molecule has 4 rings (SSSR count). The number of pyridine rings is 2. The van der Waals surface area contributed by atoms with Gasteiger partial charge in [0.15, 0.2) is 5.82 Å². The summed E-state index contributed by atoms with van der Waals surface area (Å²) in [6.45, 7) is 3.39. The fourth-order valence-corrected chi connectivity index (χ4v) is 3.77. The number of rotatable bonds is 5. The molecule has 2 aromatic heterocycles. The summed E-state index contributed by atoms with van der Waals surface area (Å²) < 4.78 is 6.14. The first-order valence-corrected chi connectivity index (χ1v) is 10.7. The predicted molar refractivity (Wildman–Crippen MR) is 123 cm³/mol. The summed E-state index contributed by atoms with van der Waals surface area (Å²) in [5.74, 6) is 0.973. The molecule has 0 aliphatic carbocycles. The summed E-state index contributed by atoms with van der Waals surface area (Å²) in [5, 5.41) is 12.7. The van der Waals surface area contributed by atoms with Gasteiger partial charge in [-0.2, -0.15) is 5.26 Å². The molecule has 1 amide bonds. The minimum absolute atomic E-state index is 0.0375. The molecule has 1 saturated heterocycles. The van der Waals surface area contributed by atoms with Crippen LogP contribution in [0.15, 0.2) is 54.9 Å². The van der Waals surface area contributed by atoms with Gasteiger partial charge < -0.3 is 15.0 Å². The molecule has 0 saturated carbocycles. The second-order valence-electron chi connectivity index (χ2n) is 7.61. The van der Waals surface area contributed by atoms with E-state index in [1.165, 1.54) is 6.20 Å². The van der Waals surface area contributed by atoms with Gasteiger partial charge in [0.1, 0.15) is 23.6 Å². The van der Waals surface area contributed by atoms with Crippen LogP contribution in [0, 0.1) is 18.3 Å². The molecule has 1 aliphatic rings. The van der Waals surface area contributed by atoms with Crippen LogP contribution in [-0.4, -0.2) is 35.1 Å². The third kappa shape index (κ3) is 4.98. The minimum Gasteiger partial charge on any atom is -0.489 e. The van der Waals surface area contributed by atoms with E-state index >= 15 is 0 Å². The largest absolute Gasteiger partial charge is 0.489 e. The van der Waals surface area contributed by atoms with E-state index in [2.05, 4.69) is 26.3 Å². The number of piperidine rings is 1. The smallest absolute Gasteiger partial charge is 0.274 e. The van der Waals surface area contributed by atoms with Gasteiger partial charge in [0.05, 0.1) is 16.3 Å². The van der Waals surface area contributed by atoms with Crippen molar-refractivity contribution in [3.63, 3.8) is 0 Å². The Hall–Kier alpha value is -3.63. The maximum absolute atomic E-state index is 12.6. The van der Waals surface area contributed by atoms with Crippen LogP contribution < -0.4 is 15.0 Å². The summed E-state index contributed by atoms with van der Waals surface area (Å²) >= 11 is 6.27. The second-order valence-corrected chi connectivity index (χ2v) is 8.02. The van der Waals surface area contributed by atoms with Gasteiger partial charge in [-0.05, 0) is 42.8 Å². The molecule has 8 heteroatoms. The van der Waals surface area contributed by atoms with Crippen LogP contribution in [-0.2, 0) is 0 Å². The van der Waals surface area contributed by atoms with Gasteiger partial charge in [-0.1, -0.05) is 23.7 Å². The standard InChI is InChI=1S/C24H22ClN5O2/c1-16-5-6-19(25)22(12-16)32-18-7-10-30(11-8-18)23-21(13-17(14-26)15-28-23)29-24(31)20-4-2-3-9-27-20/h2-6,9,12-13,15,18H,7-8,10-11H2,1H3,(H,29,31). The Kier molecular flexibility index (Phi) is 6.52. The van der Waals surface area contributed by atoms with Crippen LogP contribution in [0.1, 0.15) is 34.5 Å². The van der Waals surface area contributed by atoms with Crippen molar-refractivity contribution in [2.45, 2.75) is 25.9 Å². The van der Waals surface area contributed by atoms with E-state index < -0.39 is 0 Å². The lowest BCUT2D eigenvalue weighted by Crippen LogP contribution is -2.39. The fraction of sp³-hybridized carbons (Fsp3) is 0.250. The van der Waals surface area contributed by atoms with Crippen LogP contribution in [0.2, 0.25) is 5.02 Å². The van der Waals surface area contributed by atoms with Crippen molar-refractivity contribution >= 4 is 29.0 Å². The monoisotopic (exact) mass is 447 g/mol. The zero-order chi connectivity index (χ0) is 22.5. The van der Waals surface area contributed by atoms with Crippen molar-refractivity contribution in [1.29, 1.82) is 5.26 Å². The number of ether oxygens (including phenoxy) is 1. The molecule has 162 valence electrons. The number of hydrogen-bond donors (Lipinski definition) is 1. The summed E-state index contributed by atoms with van der Waals surface area (Å²) in [4.78, 5) is 23.3. The Morgan fingerprint density at radius 2 is 2.03 bits per heavy atom. The van der Waals surface area contributed by atoms with Crippen LogP contribution in [0.25, 0.3) is 0 Å². The number of nitrogens with zero attached hydrogens (tertiary/aromatic N) is 4. The lowest BCUT2D eigenvalue weighted by atomic mass is 10.1. The zero-order valence-electron chi connectivity index (χ0n) is 17.6. The van der Waals surface area contributed by atoms with Crippen molar-refractivity contribution in [3.05, 3.63) is 76.7 Å². The Bertz CT molecular complexity index is 1150. The van der Waals surface area contributed by atoms with Gasteiger partial charge in [0.25, 0.3) is 5.91 Å². The van der Waals surface area contributed by atoms with Crippen molar-refractivity contribution in [1.82, 2.24) is 9.97 Å².